The number of rotatable bonds is 6. The van der Waals surface area contributed by atoms with Crippen LogP contribution in [-0.4, -0.2) is 56.4 Å². The third-order valence-electron chi connectivity index (χ3n) is 5.23. The van der Waals surface area contributed by atoms with Gasteiger partial charge in [0.1, 0.15) is 5.75 Å². The number of hydrogen-bond donors (Lipinski definition) is 5. The molecule has 2 aromatic carbocycles. The molecule has 1 heterocycles. The van der Waals surface area contributed by atoms with Crippen LogP contribution in [0.15, 0.2) is 42.5 Å². The molecule has 0 bridgehead atoms. The zero-order valence-corrected chi connectivity index (χ0v) is 16.2. The first-order valence-corrected chi connectivity index (χ1v) is 9.21. The maximum absolute atomic E-state index is 11.1. The molecule has 29 heavy (non-hydrogen) atoms. The Kier molecular flexibility index (Phi) is 5.66. The lowest BCUT2D eigenvalue weighted by Crippen LogP contribution is -2.44. The summed E-state index contributed by atoms with van der Waals surface area (Å²) in [6.45, 7) is 0. The Labute approximate surface area is 168 Å². The third-order valence-corrected chi connectivity index (χ3v) is 5.23. The first-order valence-electron chi connectivity index (χ1n) is 9.21. The first kappa shape index (κ1) is 21.2. The fourth-order valence-corrected chi connectivity index (χ4v) is 3.59. The van der Waals surface area contributed by atoms with Crippen LogP contribution in [-0.2, 0) is 17.2 Å². The van der Waals surface area contributed by atoms with E-state index in [1.807, 2.05) is 0 Å². The Morgan fingerprint density at radius 1 is 1.14 bits per heavy atom. The van der Waals surface area contributed by atoms with Crippen molar-refractivity contribution in [2.75, 3.05) is 14.1 Å². The van der Waals surface area contributed by atoms with Crippen LogP contribution < -0.4 is 4.74 Å². The van der Waals surface area contributed by atoms with Gasteiger partial charge in [0.15, 0.2) is 0 Å². The number of aliphatic hydroxyl groups is 4. The van der Waals surface area contributed by atoms with Gasteiger partial charge in [0, 0.05) is 17.9 Å². The zero-order chi connectivity index (χ0) is 21.4. The monoisotopic (exact) mass is 403 g/mol. The fourth-order valence-electron chi connectivity index (χ4n) is 3.59. The molecular formula is C21H25NO7. The maximum Gasteiger partial charge on any atom is 0.351 e. The van der Waals surface area contributed by atoms with E-state index in [1.165, 1.54) is 31.1 Å². The number of ether oxygens (including phenoxy) is 1. The molecule has 0 aromatic heterocycles. The maximum atomic E-state index is 11.1. The van der Waals surface area contributed by atoms with Crippen molar-refractivity contribution in [1.29, 1.82) is 0 Å². The van der Waals surface area contributed by atoms with Gasteiger partial charge >= 0.3 is 11.9 Å². The largest absolute Gasteiger partial charge is 0.481 e. The van der Waals surface area contributed by atoms with Crippen LogP contribution in [0.4, 0.5) is 0 Å². The second kappa shape index (κ2) is 7.74. The van der Waals surface area contributed by atoms with Gasteiger partial charge in [-0.25, -0.2) is 0 Å². The van der Waals surface area contributed by atoms with Gasteiger partial charge in [-0.05, 0) is 43.8 Å². The predicted octanol–water partition coefficient (Wildman–Crippen LogP) is 0.913. The Morgan fingerprint density at radius 2 is 1.83 bits per heavy atom. The van der Waals surface area contributed by atoms with Crippen molar-refractivity contribution in [3.63, 3.8) is 0 Å². The SMILES string of the molecule is CN(C)C(O)(O)CCC1c2cc(CC(=O)O)ccc2OC(O)(O)c2ccccc21. The molecule has 0 saturated heterocycles. The minimum atomic E-state index is -2.58. The lowest BCUT2D eigenvalue weighted by Gasteiger charge is -2.30. The van der Waals surface area contributed by atoms with E-state index in [1.54, 1.807) is 30.3 Å². The van der Waals surface area contributed by atoms with Crippen molar-refractivity contribution in [2.45, 2.75) is 37.1 Å². The minimum Gasteiger partial charge on any atom is -0.481 e. The normalized spacial score (nSPS) is 17.8. The van der Waals surface area contributed by atoms with Crippen molar-refractivity contribution in [2.24, 2.45) is 0 Å². The van der Waals surface area contributed by atoms with E-state index in [0.29, 0.717) is 16.7 Å². The quantitative estimate of drug-likeness (QED) is 0.450. The molecule has 1 atom stereocenters. The van der Waals surface area contributed by atoms with Gasteiger partial charge in [0.25, 0.3) is 0 Å². The van der Waals surface area contributed by atoms with E-state index in [9.17, 15) is 25.2 Å². The molecule has 0 saturated carbocycles. The molecule has 0 fully saturated rings. The second-order valence-electron chi connectivity index (χ2n) is 7.50. The molecule has 0 aliphatic carbocycles. The highest BCUT2D eigenvalue weighted by Crippen LogP contribution is 2.45. The zero-order valence-electron chi connectivity index (χ0n) is 16.2. The van der Waals surface area contributed by atoms with Crippen LogP contribution in [0.3, 0.4) is 0 Å². The van der Waals surface area contributed by atoms with Gasteiger partial charge in [0.05, 0.1) is 12.0 Å². The second-order valence-corrected chi connectivity index (χ2v) is 7.50. The molecule has 0 radical (unpaired) electrons. The van der Waals surface area contributed by atoms with Gasteiger partial charge in [-0.2, -0.15) is 0 Å². The van der Waals surface area contributed by atoms with Crippen molar-refractivity contribution < 1.29 is 35.1 Å². The van der Waals surface area contributed by atoms with Crippen LogP contribution in [0.1, 0.15) is 41.0 Å². The molecule has 0 amide bonds. The molecule has 2 aromatic rings. The molecule has 3 rings (SSSR count). The van der Waals surface area contributed by atoms with Crippen LogP contribution in [0.25, 0.3) is 0 Å². The molecule has 5 N–H and O–H groups in total. The molecule has 1 aliphatic heterocycles. The highest BCUT2D eigenvalue weighted by atomic mass is 16.8. The van der Waals surface area contributed by atoms with E-state index in [0.717, 1.165) is 0 Å². The van der Waals surface area contributed by atoms with Crippen LogP contribution in [0, 0.1) is 0 Å². The fraction of sp³-hybridized carbons (Fsp3) is 0.381. The summed E-state index contributed by atoms with van der Waals surface area (Å²) < 4.78 is 5.47. The van der Waals surface area contributed by atoms with Gasteiger partial charge in [-0.15, -0.1) is 0 Å². The number of hydrogen-bond acceptors (Lipinski definition) is 7. The van der Waals surface area contributed by atoms with Gasteiger partial charge in [0.2, 0.25) is 5.91 Å². The number of carboxylic acid groups (broad SMARTS) is 1. The summed E-state index contributed by atoms with van der Waals surface area (Å²) in [6, 6.07) is 11.3. The predicted molar refractivity (Wildman–Crippen MR) is 103 cm³/mol. The number of fused-ring (bicyclic) bond motifs is 2. The van der Waals surface area contributed by atoms with E-state index in [2.05, 4.69) is 0 Å². The Hall–Kier alpha value is -2.49. The van der Waals surface area contributed by atoms with E-state index < -0.39 is 23.8 Å². The lowest BCUT2D eigenvalue weighted by atomic mass is 9.83. The van der Waals surface area contributed by atoms with Gasteiger partial charge < -0.3 is 30.3 Å². The van der Waals surface area contributed by atoms with E-state index >= 15 is 0 Å². The third kappa shape index (κ3) is 4.42. The number of carbonyl (C=O) groups is 1. The number of carboxylic acids is 1. The Bertz CT molecular complexity index is 908. The van der Waals surface area contributed by atoms with Crippen LogP contribution in [0.2, 0.25) is 0 Å². The van der Waals surface area contributed by atoms with Gasteiger partial charge in [-0.3, -0.25) is 9.69 Å². The summed E-state index contributed by atoms with van der Waals surface area (Å²) in [6.07, 6.45) is 0.00326. The van der Waals surface area contributed by atoms with E-state index in [-0.39, 0.29) is 30.6 Å². The first-order chi connectivity index (χ1) is 13.5. The Morgan fingerprint density at radius 3 is 2.48 bits per heavy atom. The molecule has 0 spiro atoms. The minimum absolute atomic E-state index is 0.0363. The number of nitrogens with zero attached hydrogens (tertiary/aromatic N) is 1. The van der Waals surface area contributed by atoms with E-state index in [4.69, 9.17) is 9.84 Å². The molecule has 1 unspecified atom stereocenters. The summed E-state index contributed by atoms with van der Waals surface area (Å²) >= 11 is 0. The molecule has 8 nitrogen and oxygen atoms in total. The number of benzene rings is 2. The summed E-state index contributed by atoms with van der Waals surface area (Å²) in [5, 5.41) is 50.7. The van der Waals surface area contributed by atoms with Crippen LogP contribution in [0.5, 0.6) is 5.75 Å². The van der Waals surface area contributed by atoms with Crippen molar-refractivity contribution in [1.82, 2.24) is 4.90 Å². The molecular weight excluding hydrogens is 378 g/mol. The van der Waals surface area contributed by atoms with Crippen molar-refractivity contribution >= 4 is 5.97 Å². The Balaban J connectivity index is 2.12. The highest BCUT2D eigenvalue weighted by molar-refractivity contribution is 5.70. The summed E-state index contributed by atoms with van der Waals surface area (Å²) in [7, 11) is 3.07. The van der Waals surface area contributed by atoms with Crippen molar-refractivity contribution in [3.05, 3.63) is 64.7 Å². The van der Waals surface area contributed by atoms with Gasteiger partial charge in [-0.1, -0.05) is 30.3 Å². The average molecular weight is 403 g/mol. The summed E-state index contributed by atoms with van der Waals surface area (Å²) in [5.74, 6) is -5.92. The number of aliphatic carboxylic acids is 1. The highest BCUT2D eigenvalue weighted by Gasteiger charge is 2.39. The lowest BCUT2D eigenvalue weighted by molar-refractivity contribution is -0.303. The summed E-state index contributed by atoms with van der Waals surface area (Å²) in [4.78, 5) is 12.4. The van der Waals surface area contributed by atoms with Crippen LogP contribution >= 0.6 is 0 Å². The standard InChI is InChI=1S/C21H25NO7/c1-22(2)20(25,26)10-9-14-15-5-3-4-6-17(15)21(27,28)29-18-8-7-13(11-16(14)18)12-19(23)24/h3-8,11,14,25-28H,9-10,12H2,1-2H3,(H,23,24). The van der Waals surface area contributed by atoms with Crippen molar-refractivity contribution in [3.8, 4) is 5.75 Å². The topological polar surface area (TPSA) is 131 Å². The smallest absolute Gasteiger partial charge is 0.351 e. The average Bonchev–Trinajstić information content (AvgIpc) is 2.72. The molecule has 8 heteroatoms. The molecule has 1 aliphatic rings. The molecule has 156 valence electrons. The summed E-state index contributed by atoms with van der Waals surface area (Å²) in [5.41, 5.74) is 1.78.